The Morgan fingerprint density at radius 2 is 2.05 bits per heavy atom. The Labute approximate surface area is 110 Å². The van der Waals surface area contributed by atoms with Crippen LogP contribution in [-0.2, 0) is 9.53 Å². The van der Waals surface area contributed by atoms with Crippen LogP contribution in [0, 0.1) is 11.3 Å². The third-order valence-electron chi connectivity index (χ3n) is 2.76. The molecule has 0 aliphatic heterocycles. The zero-order chi connectivity index (χ0) is 13.8. The van der Waals surface area contributed by atoms with Gasteiger partial charge in [-0.1, -0.05) is 30.3 Å². The number of benzene rings is 2. The largest absolute Gasteiger partial charge is 0.507 e. The average Bonchev–Trinajstić information content (AvgIpc) is 2.45. The third-order valence-corrected chi connectivity index (χ3v) is 2.76. The van der Waals surface area contributed by atoms with E-state index in [4.69, 9.17) is 5.26 Å². The molecule has 0 amide bonds. The fourth-order valence-corrected chi connectivity index (χ4v) is 1.83. The Bertz CT molecular complexity index is 711. The maximum Gasteiger partial charge on any atom is 0.348 e. The number of aromatic hydroxyl groups is 1. The molecule has 0 aliphatic rings. The molecule has 0 fully saturated rings. The number of nitriles is 1. The fraction of sp³-hybridized carbons (Fsp3) is 0.0667. The minimum Gasteiger partial charge on any atom is -0.507 e. The van der Waals surface area contributed by atoms with Gasteiger partial charge in [0.25, 0.3) is 0 Å². The lowest BCUT2D eigenvalue weighted by Gasteiger charge is -2.05. The van der Waals surface area contributed by atoms with Gasteiger partial charge in [-0.15, -0.1) is 0 Å². The number of hydrogen-bond acceptors (Lipinski definition) is 4. The Balaban J connectivity index is 2.69. The second kappa shape index (κ2) is 5.23. The predicted octanol–water partition coefficient (Wildman–Crippen LogP) is 2.63. The maximum atomic E-state index is 11.4. The fourth-order valence-electron chi connectivity index (χ4n) is 1.83. The lowest BCUT2D eigenvalue weighted by atomic mass is 10.0. The Kier molecular flexibility index (Phi) is 3.48. The van der Waals surface area contributed by atoms with Gasteiger partial charge in [0.05, 0.1) is 7.11 Å². The van der Waals surface area contributed by atoms with Gasteiger partial charge in [0.15, 0.2) is 0 Å². The quantitative estimate of drug-likeness (QED) is 0.507. The second-order valence-electron chi connectivity index (χ2n) is 3.88. The van der Waals surface area contributed by atoms with Crippen LogP contribution in [0.5, 0.6) is 5.75 Å². The third kappa shape index (κ3) is 2.40. The summed E-state index contributed by atoms with van der Waals surface area (Å²) in [4.78, 5) is 11.4. The lowest BCUT2D eigenvalue weighted by molar-refractivity contribution is -0.135. The van der Waals surface area contributed by atoms with Crippen molar-refractivity contribution in [2.24, 2.45) is 0 Å². The van der Waals surface area contributed by atoms with Gasteiger partial charge in [-0.2, -0.15) is 5.26 Å². The van der Waals surface area contributed by atoms with Gasteiger partial charge in [0, 0.05) is 5.56 Å². The van der Waals surface area contributed by atoms with E-state index in [2.05, 4.69) is 4.74 Å². The average molecular weight is 253 g/mol. The molecule has 0 unspecified atom stereocenters. The first-order valence-electron chi connectivity index (χ1n) is 5.58. The van der Waals surface area contributed by atoms with Crippen LogP contribution in [0.4, 0.5) is 0 Å². The Morgan fingerprint density at radius 1 is 1.32 bits per heavy atom. The van der Waals surface area contributed by atoms with E-state index in [9.17, 15) is 9.90 Å². The minimum atomic E-state index is -0.727. The molecule has 2 rings (SSSR count). The number of phenolic OH excluding ortho intramolecular Hbond substituents is 1. The number of carbonyl (C=O) groups is 1. The molecule has 0 heterocycles. The molecule has 0 spiro atoms. The van der Waals surface area contributed by atoms with E-state index in [-0.39, 0.29) is 11.3 Å². The molecule has 0 aliphatic carbocycles. The summed E-state index contributed by atoms with van der Waals surface area (Å²) in [7, 11) is 1.20. The summed E-state index contributed by atoms with van der Waals surface area (Å²) >= 11 is 0. The van der Waals surface area contributed by atoms with Gasteiger partial charge in [-0.05, 0) is 22.9 Å². The molecule has 0 atom stereocenters. The van der Waals surface area contributed by atoms with Crippen molar-refractivity contribution in [2.45, 2.75) is 0 Å². The van der Waals surface area contributed by atoms with E-state index < -0.39 is 5.97 Å². The molecule has 0 aromatic heterocycles. The monoisotopic (exact) mass is 253 g/mol. The first-order chi connectivity index (χ1) is 9.17. The molecule has 0 radical (unpaired) electrons. The van der Waals surface area contributed by atoms with Crippen LogP contribution < -0.4 is 0 Å². The van der Waals surface area contributed by atoms with Crippen molar-refractivity contribution in [3.63, 3.8) is 0 Å². The minimum absolute atomic E-state index is 0.00959. The molecule has 19 heavy (non-hydrogen) atoms. The summed E-state index contributed by atoms with van der Waals surface area (Å²) in [6, 6.07) is 12.5. The van der Waals surface area contributed by atoms with Gasteiger partial charge in [0.1, 0.15) is 17.4 Å². The van der Waals surface area contributed by atoms with Gasteiger partial charge in [-0.3, -0.25) is 0 Å². The van der Waals surface area contributed by atoms with Gasteiger partial charge >= 0.3 is 5.97 Å². The number of esters is 1. The number of carbonyl (C=O) groups excluding carboxylic acids is 1. The first kappa shape index (κ1) is 12.7. The van der Waals surface area contributed by atoms with Gasteiger partial charge in [-0.25, -0.2) is 4.79 Å². The molecule has 0 saturated heterocycles. The van der Waals surface area contributed by atoms with Crippen molar-refractivity contribution in [1.82, 2.24) is 0 Å². The van der Waals surface area contributed by atoms with Crippen molar-refractivity contribution < 1.29 is 14.6 Å². The molecular formula is C15H11NO3. The molecule has 0 bridgehead atoms. The van der Waals surface area contributed by atoms with E-state index in [1.807, 2.05) is 24.3 Å². The predicted molar refractivity (Wildman–Crippen MR) is 71.2 cm³/mol. The van der Waals surface area contributed by atoms with Crippen LogP contribution in [0.2, 0.25) is 0 Å². The van der Waals surface area contributed by atoms with E-state index in [1.54, 1.807) is 12.1 Å². The molecule has 1 N–H and O–H groups in total. The van der Waals surface area contributed by atoms with Crippen LogP contribution in [0.25, 0.3) is 16.8 Å². The summed E-state index contributed by atoms with van der Waals surface area (Å²) in [5.41, 5.74) is 0.272. The lowest BCUT2D eigenvalue weighted by Crippen LogP contribution is -2.02. The summed E-state index contributed by atoms with van der Waals surface area (Å²) in [6.45, 7) is 0. The number of hydrogen-bond donors (Lipinski definition) is 1. The number of fused-ring (bicyclic) bond motifs is 1. The van der Waals surface area contributed by atoms with Crippen LogP contribution in [0.1, 0.15) is 5.56 Å². The van der Waals surface area contributed by atoms with Crippen LogP contribution in [0.3, 0.4) is 0 Å². The molecular weight excluding hydrogens is 242 g/mol. The Morgan fingerprint density at radius 3 is 2.74 bits per heavy atom. The summed E-state index contributed by atoms with van der Waals surface area (Å²) < 4.78 is 4.52. The van der Waals surface area contributed by atoms with Gasteiger partial charge < -0.3 is 9.84 Å². The van der Waals surface area contributed by atoms with Gasteiger partial charge in [0.2, 0.25) is 0 Å². The molecule has 4 nitrogen and oxygen atoms in total. The zero-order valence-electron chi connectivity index (χ0n) is 10.3. The van der Waals surface area contributed by atoms with Crippen LogP contribution in [0.15, 0.2) is 42.0 Å². The van der Waals surface area contributed by atoms with E-state index in [0.29, 0.717) is 5.56 Å². The molecule has 0 saturated carbocycles. The standard InChI is InChI=1S/C15H11NO3/c1-19-15(18)11(9-16)8-13-12-5-3-2-4-10(12)6-7-14(13)17/h2-8,17H,1H3/b11-8+. The van der Waals surface area contributed by atoms with Crippen molar-refractivity contribution in [3.05, 3.63) is 47.5 Å². The Hall–Kier alpha value is -2.80. The van der Waals surface area contributed by atoms with Crippen LogP contribution >= 0.6 is 0 Å². The number of rotatable bonds is 2. The van der Waals surface area contributed by atoms with Crippen molar-refractivity contribution in [2.75, 3.05) is 7.11 Å². The molecule has 4 heteroatoms. The number of phenols is 1. The van der Waals surface area contributed by atoms with Crippen molar-refractivity contribution >= 4 is 22.8 Å². The number of nitrogens with zero attached hydrogens (tertiary/aromatic N) is 1. The summed E-state index contributed by atoms with van der Waals surface area (Å²) in [6.07, 6.45) is 1.34. The summed E-state index contributed by atoms with van der Waals surface area (Å²) in [5, 5.41) is 20.5. The zero-order valence-corrected chi connectivity index (χ0v) is 10.3. The number of methoxy groups -OCH3 is 1. The highest BCUT2D eigenvalue weighted by atomic mass is 16.5. The van der Waals surface area contributed by atoms with Crippen molar-refractivity contribution in [1.29, 1.82) is 5.26 Å². The first-order valence-corrected chi connectivity index (χ1v) is 5.58. The molecule has 2 aromatic carbocycles. The second-order valence-corrected chi connectivity index (χ2v) is 3.88. The molecule has 2 aromatic rings. The highest BCUT2D eigenvalue weighted by molar-refractivity contribution is 6.02. The smallest absolute Gasteiger partial charge is 0.348 e. The topological polar surface area (TPSA) is 70.3 Å². The van der Waals surface area contributed by atoms with E-state index in [0.717, 1.165) is 10.8 Å². The summed E-state index contributed by atoms with van der Waals surface area (Å²) in [5.74, 6) is -0.717. The number of ether oxygens (including phenoxy) is 1. The SMILES string of the molecule is COC(=O)/C(C#N)=C/c1c(O)ccc2ccccc12. The maximum absolute atomic E-state index is 11.4. The van der Waals surface area contributed by atoms with Crippen LogP contribution in [-0.4, -0.2) is 18.2 Å². The highest BCUT2D eigenvalue weighted by Crippen LogP contribution is 2.29. The highest BCUT2D eigenvalue weighted by Gasteiger charge is 2.12. The van der Waals surface area contributed by atoms with Crippen molar-refractivity contribution in [3.8, 4) is 11.8 Å². The molecule has 94 valence electrons. The van der Waals surface area contributed by atoms with E-state index in [1.165, 1.54) is 19.3 Å². The normalized spacial score (nSPS) is 11.1. The van der Waals surface area contributed by atoms with E-state index >= 15 is 0 Å².